The summed E-state index contributed by atoms with van der Waals surface area (Å²) < 4.78 is 5.20. The van der Waals surface area contributed by atoms with E-state index in [9.17, 15) is 14.4 Å². The lowest BCUT2D eigenvalue weighted by molar-refractivity contribution is -0.126. The van der Waals surface area contributed by atoms with E-state index < -0.39 is 5.92 Å². The van der Waals surface area contributed by atoms with Crippen molar-refractivity contribution in [1.29, 1.82) is 0 Å². The van der Waals surface area contributed by atoms with E-state index in [4.69, 9.17) is 4.74 Å². The van der Waals surface area contributed by atoms with Crippen LogP contribution in [-0.2, 0) is 22.4 Å². The highest BCUT2D eigenvalue weighted by atomic mass is 32.1. The van der Waals surface area contributed by atoms with Gasteiger partial charge in [0.1, 0.15) is 5.75 Å². The lowest BCUT2D eigenvalue weighted by Gasteiger charge is -2.17. The van der Waals surface area contributed by atoms with Crippen LogP contribution in [0, 0.1) is 11.8 Å². The molecule has 1 aromatic heterocycles. The summed E-state index contributed by atoms with van der Waals surface area (Å²) in [6.45, 7) is 2.48. The number of amides is 3. The summed E-state index contributed by atoms with van der Waals surface area (Å²) in [4.78, 5) is 40.9. The van der Waals surface area contributed by atoms with Crippen molar-refractivity contribution in [3.05, 3.63) is 45.6 Å². The van der Waals surface area contributed by atoms with Crippen LogP contribution < -0.4 is 20.5 Å². The van der Waals surface area contributed by atoms with E-state index in [1.807, 2.05) is 12.1 Å². The molecule has 158 valence electrons. The molecule has 1 fully saturated rings. The summed E-state index contributed by atoms with van der Waals surface area (Å²) in [7, 11) is 1.56. The predicted molar refractivity (Wildman–Crippen MR) is 115 cm³/mol. The van der Waals surface area contributed by atoms with Crippen molar-refractivity contribution >= 4 is 34.7 Å². The van der Waals surface area contributed by atoms with Gasteiger partial charge < -0.3 is 9.64 Å². The van der Waals surface area contributed by atoms with Crippen molar-refractivity contribution in [2.24, 2.45) is 11.8 Å². The second-order valence-electron chi connectivity index (χ2n) is 7.96. The number of nitrogens with one attached hydrogen (secondary N) is 2. The van der Waals surface area contributed by atoms with Gasteiger partial charge in [0.25, 0.3) is 5.91 Å². The Balaban J connectivity index is 1.34. The van der Waals surface area contributed by atoms with Crippen LogP contribution in [0.5, 0.6) is 5.75 Å². The zero-order valence-corrected chi connectivity index (χ0v) is 17.9. The summed E-state index contributed by atoms with van der Waals surface area (Å²) in [6.07, 6.45) is 3.25. The predicted octanol–water partition coefficient (Wildman–Crippen LogP) is 2.70. The van der Waals surface area contributed by atoms with Gasteiger partial charge in [-0.3, -0.25) is 25.2 Å². The number of ether oxygens (including phenoxy) is 1. The summed E-state index contributed by atoms with van der Waals surface area (Å²) in [5.41, 5.74) is 6.93. The fourth-order valence-corrected chi connectivity index (χ4v) is 5.11. The van der Waals surface area contributed by atoms with E-state index in [1.54, 1.807) is 30.2 Å². The molecule has 8 heteroatoms. The standard InChI is InChI=1S/C22H25N3O4S/c1-13-6-7-18-14(8-13)9-19(30-18)22(28)24-23-21(27)15-10-20(26)25(12-15)16-4-3-5-17(11-16)29-2/h3-5,9,11,13,15H,6-8,10,12H2,1-2H3,(H,23,27)(H,24,28)/t13-,15+/m0/s1. The third-order valence-electron chi connectivity index (χ3n) is 5.71. The van der Waals surface area contributed by atoms with Crippen LogP contribution >= 0.6 is 11.3 Å². The Bertz CT molecular complexity index is 987. The summed E-state index contributed by atoms with van der Waals surface area (Å²) >= 11 is 1.49. The molecule has 30 heavy (non-hydrogen) atoms. The van der Waals surface area contributed by atoms with Gasteiger partial charge in [0.2, 0.25) is 11.8 Å². The van der Waals surface area contributed by atoms with E-state index in [0.717, 1.165) is 19.3 Å². The van der Waals surface area contributed by atoms with Crippen LogP contribution in [0.2, 0.25) is 0 Å². The molecule has 2 atom stereocenters. The number of nitrogens with zero attached hydrogens (tertiary/aromatic N) is 1. The minimum absolute atomic E-state index is 0.101. The topological polar surface area (TPSA) is 87.7 Å². The first-order valence-electron chi connectivity index (χ1n) is 10.1. The normalized spacial score (nSPS) is 20.6. The van der Waals surface area contributed by atoms with Gasteiger partial charge in [0.05, 0.1) is 17.9 Å². The SMILES string of the molecule is COc1cccc(N2C[C@H](C(=O)NNC(=O)c3cc4c(s3)CC[C@H](C)C4)CC2=O)c1. The largest absolute Gasteiger partial charge is 0.497 e. The van der Waals surface area contributed by atoms with Gasteiger partial charge in [0.15, 0.2) is 0 Å². The average Bonchev–Trinajstić information content (AvgIpc) is 3.35. The molecule has 1 aliphatic heterocycles. The molecular formula is C22H25N3O4S. The lowest BCUT2D eigenvalue weighted by atomic mass is 9.90. The number of carbonyl (C=O) groups excluding carboxylic acids is 3. The van der Waals surface area contributed by atoms with E-state index in [1.165, 1.54) is 21.8 Å². The highest BCUT2D eigenvalue weighted by molar-refractivity contribution is 7.14. The molecule has 2 aliphatic rings. The van der Waals surface area contributed by atoms with Crippen LogP contribution in [0.3, 0.4) is 0 Å². The van der Waals surface area contributed by atoms with Gasteiger partial charge >= 0.3 is 0 Å². The number of hydrogen-bond donors (Lipinski definition) is 2. The van der Waals surface area contributed by atoms with Crippen LogP contribution in [0.15, 0.2) is 30.3 Å². The zero-order valence-electron chi connectivity index (χ0n) is 17.1. The van der Waals surface area contributed by atoms with Gasteiger partial charge in [-0.1, -0.05) is 13.0 Å². The molecule has 3 amide bonds. The maximum absolute atomic E-state index is 12.5. The minimum Gasteiger partial charge on any atom is -0.497 e. The van der Waals surface area contributed by atoms with E-state index in [0.29, 0.717) is 22.2 Å². The zero-order chi connectivity index (χ0) is 21.3. The number of aryl methyl sites for hydroxylation is 1. The first kappa shape index (κ1) is 20.4. The summed E-state index contributed by atoms with van der Waals surface area (Å²) in [5.74, 6) is -0.0544. The van der Waals surface area contributed by atoms with Crippen molar-refractivity contribution in [1.82, 2.24) is 10.9 Å². The van der Waals surface area contributed by atoms with Crippen molar-refractivity contribution < 1.29 is 19.1 Å². The first-order chi connectivity index (χ1) is 14.4. The van der Waals surface area contributed by atoms with Crippen LogP contribution in [0.25, 0.3) is 0 Å². The molecular weight excluding hydrogens is 402 g/mol. The average molecular weight is 428 g/mol. The highest BCUT2D eigenvalue weighted by Gasteiger charge is 2.35. The summed E-state index contributed by atoms with van der Waals surface area (Å²) in [5, 5.41) is 0. The maximum atomic E-state index is 12.5. The monoisotopic (exact) mass is 427 g/mol. The van der Waals surface area contributed by atoms with Gasteiger partial charge in [0, 0.05) is 29.6 Å². The highest BCUT2D eigenvalue weighted by Crippen LogP contribution is 2.32. The smallest absolute Gasteiger partial charge is 0.279 e. The third-order valence-corrected chi connectivity index (χ3v) is 6.95. The second-order valence-corrected chi connectivity index (χ2v) is 9.09. The van der Waals surface area contributed by atoms with E-state index in [2.05, 4.69) is 17.8 Å². The second kappa shape index (κ2) is 8.47. The Kier molecular flexibility index (Phi) is 5.76. The Morgan fingerprint density at radius 2 is 2.03 bits per heavy atom. The van der Waals surface area contributed by atoms with Gasteiger partial charge in [-0.05, 0) is 48.9 Å². The molecule has 0 unspecified atom stereocenters. The Morgan fingerprint density at radius 1 is 1.20 bits per heavy atom. The molecule has 1 saturated heterocycles. The molecule has 2 aromatic rings. The van der Waals surface area contributed by atoms with Crippen molar-refractivity contribution in [3.8, 4) is 5.75 Å². The Morgan fingerprint density at radius 3 is 2.83 bits per heavy atom. The molecule has 0 bridgehead atoms. The van der Waals surface area contributed by atoms with E-state index in [-0.39, 0.29) is 30.7 Å². The number of anilines is 1. The fraction of sp³-hybridized carbons (Fsp3) is 0.409. The number of carbonyl (C=O) groups is 3. The Labute approximate surface area is 179 Å². The molecule has 0 radical (unpaired) electrons. The number of hydrogen-bond acceptors (Lipinski definition) is 5. The fourth-order valence-electron chi connectivity index (χ4n) is 4.01. The third kappa shape index (κ3) is 4.18. The molecule has 0 spiro atoms. The van der Waals surface area contributed by atoms with Gasteiger partial charge in [-0.2, -0.15) is 0 Å². The van der Waals surface area contributed by atoms with Crippen LogP contribution in [0.4, 0.5) is 5.69 Å². The summed E-state index contributed by atoms with van der Waals surface area (Å²) in [6, 6.07) is 9.10. The molecule has 4 rings (SSSR count). The van der Waals surface area contributed by atoms with Crippen molar-refractivity contribution in [2.75, 3.05) is 18.6 Å². The number of hydrazine groups is 1. The molecule has 1 aliphatic carbocycles. The lowest BCUT2D eigenvalue weighted by Crippen LogP contribution is -2.45. The van der Waals surface area contributed by atoms with Crippen molar-refractivity contribution in [2.45, 2.75) is 32.6 Å². The molecule has 7 nitrogen and oxygen atoms in total. The molecule has 1 aromatic carbocycles. The van der Waals surface area contributed by atoms with Crippen LogP contribution in [-0.4, -0.2) is 31.4 Å². The minimum atomic E-state index is -0.526. The maximum Gasteiger partial charge on any atom is 0.279 e. The number of fused-ring (bicyclic) bond motifs is 1. The quantitative estimate of drug-likeness (QED) is 0.735. The number of methoxy groups -OCH3 is 1. The van der Waals surface area contributed by atoms with Crippen molar-refractivity contribution in [3.63, 3.8) is 0 Å². The molecule has 2 heterocycles. The van der Waals surface area contributed by atoms with Crippen LogP contribution in [0.1, 0.15) is 39.9 Å². The van der Waals surface area contributed by atoms with Gasteiger partial charge in [-0.15, -0.1) is 11.3 Å². The van der Waals surface area contributed by atoms with E-state index >= 15 is 0 Å². The van der Waals surface area contributed by atoms with Gasteiger partial charge in [-0.25, -0.2) is 0 Å². The first-order valence-corrected chi connectivity index (χ1v) is 10.9. The Hall–Kier alpha value is -2.87. The molecule has 0 saturated carbocycles. The molecule has 2 N–H and O–H groups in total. The number of benzene rings is 1. The number of rotatable bonds is 4. The number of thiophene rings is 1.